The van der Waals surface area contributed by atoms with E-state index in [0.29, 0.717) is 5.92 Å². The molecule has 0 fully saturated rings. The van der Waals surface area contributed by atoms with Gasteiger partial charge in [-0.3, -0.25) is 0 Å². The van der Waals surface area contributed by atoms with E-state index in [4.69, 9.17) is 0 Å². The molecule has 0 heterocycles. The number of benzene rings is 6. The molecule has 0 amide bonds. The molecule has 7 aromatic rings. The van der Waals surface area contributed by atoms with Crippen LogP contribution in [0.3, 0.4) is 0 Å². The van der Waals surface area contributed by atoms with Crippen molar-refractivity contribution in [3.05, 3.63) is 215 Å². The molecule has 1 atom stereocenters. The predicted octanol–water partition coefficient (Wildman–Crippen LogP) is 7.34. The number of rotatable bonds is 4. The summed E-state index contributed by atoms with van der Waals surface area (Å²) in [5, 5.41) is 5.48. The SMILES string of the molecule is CC(C)(C)c1ccc2c(c1)[cH-]c1cc(C(C)(C)C)ccc12.[C-]1=C(c2ccccc2)C=CC1c1ccccc1.[Cl-].[Cl-].[Zr+2]=[C](c1ccccc1)c1ccccc1. The minimum absolute atomic E-state index is 0. The normalized spacial score (nSPS) is 13.4. The van der Waals surface area contributed by atoms with Crippen molar-refractivity contribution in [2.24, 2.45) is 0 Å². The second-order valence-electron chi connectivity index (χ2n) is 15.5. The van der Waals surface area contributed by atoms with Gasteiger partial charge in [-0.25, -0.2) is 0 Å². The number of hydrogen-bond donors (Lipinski definition) is 0. The van der Waals surface area contributed by atoms with Gasteiger partial charge >= 0.3 is 99.2 Å². The number of halogens is 2. The summed E-state index contributed by atoms with van der Waals surface area (Å²) in [5.41, 5.74) is 9.61. The van der Waals surface area contributed by atoms with Crippen LogP contribution in [-0.2, 0) is 35.1 Å². The molecule has 0 aromatic heterocycles. The monoisotopic (exact) mass is 820 g/mol. The van der Waals surface area contributed by atoms with Gasteiger partial charge in [-0.15, -0.1) is 63.5 Å². The van der Waals surface area contributed by atoms with E-state index in [1.54, 1.807) is 0 Å². The fraction of sp³-hybridized carbons (Fsp3) is 0.176. The van der Waals surface area contributed by atoms with Gasteiger partial charge in [0.05, 0.1) is 0 Å². The molecule has 0 bridgehead atoms. The molecule has 8 rings (SSSR count). The maximum absolute atomic E-state index is 3.53. The first-order chi connectivity index (χ1) is 25.0. The van der Waals surface area contributed by atoms with Gasteiger partial charge in [-0.05, 0) is 16.7 Å². The third kappa shape index (κ3) is 10.8. The van der Waals surface area contributed by atoms with E-state index in [-0.39, 0.29) is 35.6 Å². The Labute approximate surface area is 350 Å². The summed E-state index contributed by atoms with van der Waals surface area (Å²) in [4.78, 5) is 0. The molecule has 272 valence electrons. The first-order valence-corrected chi connectivity index (χ1v) is 19.5. The van der Waals surface area contributed by atoms with Crippen LogP contribution >= 0.6 is 0 Å². The van der Waals surface area contributed by atoms with Gasteiger partial charge in [0.25, 0.3) is 0 Å². The Kier molecular flexibility index (Phi) is 15.1. The summed E-state index contributed by atoms with van der Waals surface area (Å²) in [6.07, 6.45) is 7.89. The molecule has 3 heteroatoms. The first-order valence-electron chi connectivity index (χ1n) is 18.2. The van der Waals surface area contributed by atoms with Gasteiger partial charge in [0.2, 0.25) is 0 Å². The fourth-order valence-corrected chi connectivity index (χ4v) is 7.26. The van der Waals surface area contributed by atoms with E-state index in [9.17, 15) is 0 Å². The van der Waals surface area contributed by atoms with E-state index >= 15 is 0 Å². The average molecular weight is 823 g/mol. The Morgan fingerprint density at radius 2 is 0.944 bits per heavy atom. The molecule has 0 spiro atoms. The summed E-state index contributed by atoms with van der Waals surface area (Å²) in [7, 11) is 0. The summed E-state index contributed by atoms with van der Waals surface area (Å²) in [6, 6.07) is 58.2. The zero-order chi connectivity index (χ0) is 36.7. The molecule has 1 unspecified atom stereocenters. The molecule has 54 heavy (non-hydrogen) atoms. The van der Waals surface area contributed by atoms with Crippen molar-refractivity contribution in [1.29, 1.82) is 0 Å². The van der Waals surface area contributed by atoms with Gasteiger partial charge in [-0.1, -0.05) is 131 Å². The van der Waals surface area contributed by atoms with Gasteiger partial charge in [0.15, 0.2) is 0 Å². The van der Waals surface area contributed by atoms with E-state index < -0.39 is 0 Å². The fourth-order valence-electron chi connectivity index (χ4n) is 6.44. The molecular formula is C51H48Cl2Zr-2. The van der Waals surface area contributed by atoms with Crippen molar-refractivity contribution in [2.45, 2.75) is 58.3 Å². The van der Waals surface area contributed by atoms with E-state index in [1.807, 2.05) is 12.1 Å². The Bertz CT molecular complexity index is 2190. The van der Waals surface area contributed by atoms with Crippen molar-refractivity contribution >= 4 is 30.3 Å². The molecule has 0 N–H and O–H groups in total. The van der Waals surface area contributed by atoms with Crippen LogP contribution in [0.4, 0.5) is 0 Å². The van der Waals surface area contributed by atoms with Crippen LogP contribution in [-0.4, -0.2) is 3.21 Å². The predicted molar refractivity (Wildman–Crippen MR) is 222 cm³/mol. The van der Waals surface area contributed by atoms with Crippen LogP contribution in [0.25, 0.3) is 27.1 Å². The van der Waals surface area contributed by atoms with Crippen molar-refractivity contribution in [3.8, 4) is 0 Å². The van der Waals surface area contributed by atoms with E-state index in [1.165, 1.54) is 87.9 Å². The second-order valence-corrected chi connectivity index (χ2v) is 16.8. The van der Waals surface area contributed by atoms with Crippen molar-refractivity contribution in [3.63, 3.8) is 0 Å². The van der Waals surface area contributed by atoms with Crippen LogP contribution in [0.5, 0.6) is 0 Å². The average Bonchev–Trinajstić information content (AvgIpc) is 3.81. The summed E-state index contributed by atoms with van der Waals surface area (Å²) in [6.45, 7) is 13.6. The molecule has 1 aliphatic carbocycles. The van der Waals surface area contributed by atoms with Gasteiger partial charge in [-0.2, -0.15) is 17.7 Å². The van der Waals surface area contributed by atoms with Crippen LogP contribution in [0, 0.1) is 6.08 Å². The van der Waals surface area contributed by atoms with Crippen molar-refractivity contribution in [2.75, 3.05) is 0 Å². The number of hydrogen-bond acceptors (Lipinski definition) is 0. The number of fused-ring (bicyclic) bond motifs is 3. The molecule has 0 saturated carbocycles. The number of allylic oxidation sites excluding steroid dienone is 4. The third-order valence-corrected chi connectivity index (χ3v) is 11.0. The summed E-state index contributed by atoms with van der Waals surface area (Å²) < 4.78 is 1.42. The third-order valence-electron chi connectivity index (χ3n) is 9.57. The molecule has 0 radical (unpaired) electrons. The Morgan fingerprint density at radius 1 is 0.537 bits per heavy atom. The van der Waals surface area contributed by atoms with Gasteiger partial charge < -0.3 is 24.8 Å². The molecule has 0 aliphatic heterocycles. The zero-order valence-corrected chi connectivity index (χ0v) is 36.0. The first kappa shape index (κ1) is 42.7. The molecule has 0 nitrogen and oxygen atoms in total. The van der Waals surface area contributed by atoms with Crippen LogP contribution in [0.1, 0.15) is 80.8 Å². The van der Waals surface area contributed by atoms with Crippen LogP contribution < -0.4 is 24.8 Å². The molecule has 7 aromatic carbocycles. The Hall–Kier alpha value is -4.00. The summed E-state index contributed by atoms with van der Waals surface area (Å²) >= 11 is 1.46. The van der Waals surface area contributed by atoms with Crippen LogP contribution in [0.15, 0.2) is 176 Å². The summed E-state index contributed by atoms with van der Waals surface area (Å²) in [5.74, 6) is 0.298. The van der Waals surface area contributed by atoms with Gasteiger partial charge in [0.1, 0.15) is 0 Å². The second kappa shape index (κ2) is 19.0. The topological polar surface area (TPSA) is 0 Å². The molecule has 1 aliphatic rings. The molecular weight excluding hydrogens is 775 g/mol. The van der Waals surface area contributed by atoms with Gasteiger partial charge in [0, 0.05) is 0 Å². The van der Waals surface area contributed by atoms with Crippen LogP contribution in [0.2, 0.25) is 0 Å². The Morgan fingerprint density at radius 3 is 1.37 bits per heavy atom. The zero-order valence-electron chi connectivity index (χ0n) is 32.1. The van der Waals surface area contributed by atoms with Crippen molar-refractivity contribution in [1.82, 2.24) is 0 Å². The Balaban J connectivity index is 0.000000181. The molecule has 0 saturated heterocycles. The quantitative estimate of drug-likeness (QED) is 0.163. The van der Waals surface area contributed by atoms with Crippen molar-refractivity contribution < 1.29 is 49.0 Å². The minimum atomic E-state index is 0. The van der Waals surface area contributed by atoms with E-state index in [0.717, 1.165) is 0 Å². The van der Waals surface area contributed by atoms with E-state index in [2.05, 4.69) is 211 Å². The maximum atomic E-state index is 3.53. The standard InChI is InChI=1S/C21H25.C17H13.C13H10.2ClH.Zr/c1-20(2,3)16-7-9-18-14(12-16)11-15-13-17(21(4,5)6)8-10-19(15)18;1-3-7-14(8-4-1)16-11-12-17(13-16)15-9-5-2-6-10-15;1-3-7-12(8-4-1)11-13-9-5-2-6-10-13;;;/h7-13H,1-6H3;1-12,16H;1-10H;2*1H;/q2*-1;;;;+2/p-2.